The molecule has 142 valence electrons. The minimum absolute atomic E-state index is 0.0983. The molecule has 1 atom stereocenters. The van der Waals surface area contributed by atoms with Gasteiger partial charge in [0.05, 0.1) is 36.7 Å². The summed E-state index contributed by atoms with van der Waals surface area (Å²) in [6.45, 7) is 3.49. The van der Waals surface area contributed by atoms with Gasteiger partial charge in [0, 0.05) is 18.5 Å². The van der Waals surface area contributed by atoms with Crippen molar-refractivity contribution in [3.63, 3.8) is 0 Å². The number of anilines is 1. The van der Waals surface area contributed by atoms with Crippen LogP contribution in [0.4, 0.5) is 5.69 Å². The smallest absolute Gasteiger partial charge is 0.254 e. The standard InChI is InChI=1S/C18H24N2O5S/c1-17(22)10-18(25-13-17)11-19(12-18)16(21)14-4-6-15(7-5-14)20-8-2-3-9-26(20,23)24/h4-7,22H,2-3,8-13H2,1H3. The van der Waals surface area contributed by atoms with Gasteiger partial charge in [-0.1, -0.05) is 0 Å². The molecule has 3 saturated heterocycles. The van der Waals surface area contributed by atoms with Gasteiger partial charge in [0.2, 0.25) is 10.0 Å². The number of benzene rings is 1. The number of aliphatic hydroxyl groups is 1. The molecule has 4 rings (SSSR count). The fraction of sp³-hybridized carbons (Fsp3) is 0.611. The molecule has 1 N–H and O–H groups in total. The second-order valence-electron chi connectivity index (χ2n) is 7.95. The highest BCUT2D eigenvalue weighted by Gasteiger charge is 2.54. The number of likely N-dealkylation sites (tertiary alicyclic amines) is 1. The SMILES string of the molecule is CC1(O)COC2(CN(C(=O)c3ccc(N4CCCCS4(=O)=O)cc3)C2)C1. The third-order valence-corrected chi connectivity index (χ3v) is 7.26. The van der Waals surface area contributed by atoms with Crippen molar-refractivity contribution < 1.29 is 23.1 Å². The van der Waals surface area contributed by atoms with Crippen LogP contribution in [0.5, 0.6) is 0 Å². The lowest BCUT2D eigenvalue weighted by atomic mass is 9.85. The average molecular weight is 380 g/mol. The minimum Gasteiger partial charge on any atom is -0.388 e. The summed E-state index contributed by atoms with van der Waals surface area (Å²) < 4.78 is 31.5. The van der Waals surface area contributed by atoms with Crippen LogP contribution < -0.4 is 4.31 Å². The highest BCUT2D eigenvalue weighted by atomic mass is 32.2. The van der Waals surface area contributed by atoms with Gasteiger partial charge in [0.1, 0.15) is 5.60 Å². The Kier molecular flexibility index (Phi) is 4.05. The van der Waals surface area contributed by atoms with Gasteiger partial charge < -0.3 is 14.7 Å². The summed E-state index contributed by atoms with van der Waals surface area (Å²) in [7, 11) is -3.25. The summed E-state index contributed by atoms with van der Waals surface area (Å²) in [6, 6.07) is 6.75. The molecule has 1 spiro atoms. The third kappa shape index (κ3) is 3.10. The molecule has 3 aliphatic rings. The first-order chi connectivity index (χ1) is 12.2. The number of rotatable bonds is 2. The molecule has 26 heavy (non-hydrogen) atoms. The molecule has 3 heterocycles. The molecule has 1 aromatic carbocycles. The first kappa shape index (κ1) is 17.8. The van der Waals surface area contributed by atoms with Gasteiger partial charge in [0.15, 0.2) is 0 Å². The van der Waals surface area contributed by atoms with Crippen molar-refractivity contribution in [3.8, 4) is 0 Å². The Morgan fingerprint density at radius 3 is 2.46 bits per heavy atom. The summed E-state index contributed by atoms with van der Waals surface area (Å²) in [6.07, 6.45) is 2.08. The van der Waals surface area contributed by atoms with Crippen LogP contribution in [-0.4, -0.2) is 67.5 Å². The molecule has 0 aromatic heterocycles. The van der Waals surface area contributed by atoms with Gasteiger partial charge in [-0.15, -0.1) is 0 Å². The van der Waals surface area contributed by atoms with Gasteiger partial charge in [-0.25, -0.2) is 8.42 Å². The number of carbonyl (C=O) groups is 1. The first-order valence-electron chi connectivity index (χ1n) is 8.96. The van der Waals surface area contributed by atoms with Crippen LogP contribution in [-0.2, 0) is 14.8 Å². The second-order valence-corrected chi connectivity index (χ2v) is 9.96. The average Bonchev–Trinajstić information content (AvgIpc) is 2.89. The molecule has 0 radical (unpaired) electrons. The predicted octanol–water partition coefficient (Wildman–Crippen LogP) is 0.983. The van der Waals surface area contributed by atoms with Gasteiger partial charge in [-0.05, 0) is 44.0 Å². The van der Waals surface area contributed by atoms with E-state index in [0.717, 1.165) is 6.42 Å². The molecule has 3 aliphatic heterocycles. The lowest BCUT2D eigenvalue weighted by Gasteiger charge is -2.47. The molecule has 7 nitrogen and oxygen atoms in total. The Morgan fingerprint density at radius 2 is 1.88 bits per heavy atom. The summed E-state index contributed by atoms with van der Waals surface area (Å²) in [5.41, 5.74) is -0.100. The fourth-order valence-electron chi connectivity index (χ4n) is 4.13. The lowest BCUT2D eigenvalue weighted by molar-refractivity contribution is -0.0954. The monoisotopic (exact) mass is 380 g/mol. The Morgan fingerprint density at radius 1 is 1.19 bits per heavy atom. The van der Waals surface area contributed by atoms with Crippen molar-refractivity contribution >= 4 is 21.6 Å². The quantitative estimate of drug-likeness (QED) is 0.827. The Bertz CT molecular complexity index is 812. The molecule has 1 amide bonds. The Hall–Kier alpha value is -1.64. The highest BCUT2D eigenvalue weighted by Crippen LogP contribution is 2.40. The van der Waals surface area contributed by atoms with Crippen molar-refractivity contribution in [2.45, 2.75) is 37.4 Å². The van der Waals surface area contributed by atoms with E-state index in [9.17, 15) is 18.3 Å². The summed E-state index contributed by atoms with van der Waals surface area (Å²) in [5.74, 6) is 0.0756. The zero-order valence-corrected chi connectivity index (χ0v) is 15.7. The van der Waals surface area contributed by atoms with Crippen LogP contribution in [0.1, 0.15) is 36.5 Å². The minimum atomic E-state index is -3.25. The highest BCUT2D eigenvalue weighted by molar-refractivity contribution is 7.92. The largest absolute Gasteiger partial charge is 0.388 e. The third-order valence-electron chi connectivity index (χ3n) is 5.39. The van der Waals surface area contributed by atoms with E-state index in [1.54, 1.807) is 36.1 Å². The number of hydrogen-bond acceptors (Lipinski definition) is 5. The van der Waals surface area contributed by atoms with E-state index < -0.39 is 21.2 Å². The summed E-state index contributed by atoms with van der Waals surface area (Å²) >= 11 is 0. The zero-order chi connectivity index (χ0) is 18.6. The van der Waals surface area contributed by atoms with E-state index in [1.165, 1.54) is 4.31 Å². The van der Waals surface area contributed by atoms with Crippen LogP contribution in [0.15, 0.2) is 24.3 Å². The van der Waals surface area contributed by atoms with Crippen molar-refractivity contribution in [1.82, 2.24) is 4.90 Å². The maximum Gasteiger partial charge on any atom is 0.254 e. The normalized spacial score (nSPS) is 29.6. The molecule has 3 fully saturated rings. The molecular weight excluding hydrogens is 356 g/mol. The van der Waals surface area contributed by atoms with E-state index in [0.29, 0.717) is 50.3 Å². The van der Waals surface area contributed by atoms with Crippen molar-refractivity contribution in [1.29, 1.82) is 0 Å². The molecular formula is C18H24N2O5S. The van der Waals surface area contributed by atoms with E-state index in [2.05, 4.69) is 0 Å². The maximum atomic E-state index is 12.6. The number of hydrogen-bond donors (Lipinski definition) is 1. The van der Waals surface area contributed by atoms with Crippen molar-refractivity contribution in [2.24, 2.45) is 0 Å². The number of ether oxygens (including phenoxy) is 1. The predicted molar refractivity (Wildman–Crippen MR) is 96.6 cm³/mol. The van der Waals surface area contributed by atoms with E-state index in [1.807, 2.05) is 0 Å². The molecule has 0 aliphatic carbocycles. The zero-order valence-electron chi connectivity index (χ0n) is 14.8. The van der Waals surface area contributed by atoms with Gasteiger partial charge in [-0.3, -0.25) is 9.10 Å². The first-order valence-corrected chi connectivity index (χ1v) is 10.6. The number of nitrogens with zero attached hydrogens (tertiary/aromatic N) is 2. The van der Waals surface area contributed by atoms with Gasteiger partial charge in [-0.2, -0.15) is 0 Å². The molecule has 8 heteroatoms. The Balaban J connectivity index is 1.42. The van der Waals surface area contributed by atoms with Crippen molar-refractivity contribution in [2.75, 3.05) is 36.3 Å². The van der Waals surface area contributed by atoms with Crippen LogP contribution in [0.3, 0.4) is 0 Å². The van der Waals surface area contributed by atoms with Crippen LogP contribution in [0.2, 0.25) is 0 Å². The Labute approximate surface area is 153 Å². The van der Waals surface area contributed by atoms with E-state index in [4.69, 9.17) is 4.74 Å². The van der Waals surface area contributed by atoms with Crippen molar-refractivity contribution in [3.05, 3.63) is 29.8 Å². The molecule has 0 saturated carbocycles. The molecule has 1 unspecified atom stereocenters. The van der Waals surface area contributed by atoms with Crippen LogP contribution in [0, 0.1) is 0 Å². The summed E-state index contributed by atoms with van der Waals surface area (Å²) in [4.78, 5) is 14.3. The number of amides is 1. The summed E-state index contributed by atoms with van der Waals surface area (Å²) in [5, 5.41) is 10.1. The topological polar surface area (TPSA) is 87.2 Å². The fourth-order valence-corrected chi connectivity index (χ4v) is 5.77. The lowest BCUT2D eigenvalue weighted by Crippen LogP contribution is -2.63. The van der Waals surface area contributed by atoms with Crippen LogP contribution in [0.25, 0.3) is 0 Å². The van der Waals surface area contributed by atoms with Crippen LogP contribution >= 0.6 is 0 Å². The second kappa shape index (κ2) is 5.94. The maximum absolute atomic E-state index is 12.6. The molecule has 1 aromatic rings. The molecule has 0 bridgehead atoms. The van der Waals surface area contributed by atoms with Gasteiger partial charge >= 0.3 is 0 Å². The number of carbonyl (C=O) groups excluding carboxylic acids is 1. The van der Waals surface area contributed by atoms with Gasteiger partial charge in [0.25, 0.3) is 5.91 Å². The van der Waals surface area contributed by atoms with E-state index >= 15 is 0 Å². The van der Waals surface area contributed by atoms with E-state index in [-0.39, 0.29) is 11.7 Å². The number of sulfonamides is 1.